The number of hydrogen-bond acceptors (Lipinski definition) is 3. The van der Waals surface area contributed by atoms with Gasteiger partial charge in [-0.15, -0.1) is 0 Å². The highest BCUT2D eigenvalue weighted by Crippen LogP contribution is 2.19. The molecule has 0 radical (unpaired) electrons. The van der Waals surface area contributed by atoms with E-state index < -0.39 is 0 Å². The van der Waals surface area contributed by atoms with Crippen molar-refractivity contribution >= 4 is 23.4 Å². The van der Waals surface area contributed by atoms with Gasteiger partial charge in [-0.1, -0.05) is 36.7 Å². The minimum absolute atomic E-state index is 0.00574. The maximum atomic E-state index is 12.4. The summed E-state index contributed by atoms with van der Waals surface area (Å²) in [4.78, 5) is 26.6. The Hall–Kier alpha value is -1.59. The van der Waals surface area contributed by atoms with Gasteiger partial charge in [-0.05, 0) is 50.9 Å². The molecule has 2 rings (SSSR count). The number of amides is 2. The van der Waals surface area contributed by atoms with Crippen molar-refractivity contribution in [2.24, 2.45) is 5.92 Å². The van der Waals surface area contributed by atoms with Gasteiger partial charge in [0.05, 0.1) is 6.04 Å². The molecule has 6 heteroatoms. The SMILES string of the molecule is CCCNC(=O)C1CCN(C(C)C(=O)NCc2ccccc2Cl)CC1. The number of carbonyl (C=O) groups excluding carboxylic acids is 2. The lowest BCUT2D eigenvalue weighted by Crippen LogP contribution is -2.49. The molecular weight excluding hydrogens is 338 g/mol. The molecule has 2 N–H and O–H groups in total. The average molecular weight is 366 g/mol. The fourth-order valence-corrected chi connectivity index (χ4v) is 3.28. The summed E-state index contributed by atoms with van der Waals surface area (Å²) < 4.78 is 0. The fraction of sp³-hybridized carbons (Fsp3) is 0.579. The van der Waals surface area contributed by atoms with Crippen LogP contribution in [0.3, 0.4) is 0 Å². The summed E-state index contributed by atoms with van der Waals surface area (Å²) in [5, 5.41) is 6.58. The van der Waals surface area contributed by atoms with Crippen LogP contribution < -0.4 is 10.6 Å². The third-order valence-corrected chi connectivity index (χ3v) is 5.16. The van der Waals surface area contributed by atoms with Crippen LogP contribution in [0.4, 0.5) is 0 Å². The highest BCUT2D eigenvalue weighted by molar-refractivity contribution is 6.31. The second kappa shape index (κ2) is 9.78. The van der Waals surface area contributed by atoms with Gasteiger partial charge in [0.1, 0.15) is 0 Å². The standard InChI is InChI=1S/C19H28ClN3O2/c1-3-10-21-19(25)15-8-11-23(12-9-15)14(2)18(24)22-13-16-6-4-5-7-17(16)20/h4-7,14-15H,3,8-13H2,1-2H3,(H,21,25)(H,22,24). The van der Waals surface area contributed by atoms with E-state index in [1.54, 1.807) is 0 Å². The van der Waals surface area contributed by atoms with Gasteiger partial charge < -0.3 is 10.6 Å². The van der Waals surface area contributed by atoms with Gasteiger partial charge in [-0.2, -0.15) is 0 Å². The molecule has 5 nitrogen and oxygen atoms in total. The third-order valence-electron chi connectivity index (χ3n) is 4.79. The lowest BCUT2D eigenvalue weighted by Gasteiger charge is -2.34. The summed E-state index contributed by atoms with van der Waals surface area (Å²) in [5.41, 5.74) is 0.913. The maximum Gasteiger partial charge on any atom is 0.237 e. The summed E-state index contributed by atoms with van der Waals surface area (Å²) in [7, 11) is 0. The van der Waals surface area contributed by atoms with Crippen LogP contribution in [0.15, 0.2) is 24.3 Å². The Labute approximate surface area is 155 Å². The molecule has 0 spiro atoms. The molecule has 1 aliphatic heterocycles. The first kappa shape index (κ1) is 19.7. The number of hydrogen-bond donors (Lipinski definition) is 2. The molecule has 0 saturated carbocycles. The Morgan fingerprint density at radius 1 is 1.24 bits per heavy atom. The maximum absolute atomic E-state index is 12.4. The largest absolute Gasteiger partial charge is 0.356 e. The number of nitrogens with zero attached hydrogens (tertiary/aromatic N) is 1. The predicted molar refractivity (Wildman–Crippen MR) is 100 cm³/mol. The van der Waals surface area contributed by atoms with Crippen molar-refractivity contribution in [1.29, 1.82) is 0 Å². The molecule has 2 amide bonds. The van der Waals surface area contributed by atoms with Crippen LogP contribution in [-0.2, 0) is 16.1 Å². The molecule has 138 valence electrons. The van der Waals surface area contributed by atoms with Crippen molar-refractivity contribution in [2.45, 2.75) is 45.7 Å². The van der Waals surface area contributed by atoms with E-state index in [2.05, 4.69) is 15.5 Å². The van der Waals surface area contributed by atoms with Crippen molar-refractivity contribution in [1.82, 2.24) is 15.5 Å². The zero-order valence-electron chi connectivity index (χ0n) is 15.1. The van der Waals surface area contributed by atoms with Gasteiger partial charge in [0.15, 0.2) is 0 Å². The highest BCUT2D eigenvalue weighted by Gasteiger charge is 2.29. The van der Waals surface area contributed by atoms with Gasteiger partial charge in [0.2, 0.25) is 11.8 Å². The van der Waals surface area contributed by atoms with Gasteiger partial charge in [0.25, 0.3) is 0 Å². The molecule has 1 fully saturated rings. The zero-order chi connectivity index (χ0) is 18.2. The van der Waals surface area contributed by atoms with Crippen molar-refractivity contribution in [3.63, 3.8) is 0 Å². The van der Waals surface area contributed by atoms with Gasteiger partial charge in [-0.3, -0.25) is 14.5 Å². The molecule has 1 aromatic carbocycles. The molecule has 1 aliphatic rings. The van der Waals surface area contributed by atoms with E-state index >= 15 is 0 Å². The fourth-order valence-electron chi connectivity index (χ4n) is 3.08. The molecular formula is C19H28ClN3O2. The first-order chi connectivity index (χ1) is 12.0. The van der Waals surface area contributed by atoms with Crippen molar-refractivity contribution in [2.75, 3.05) is 19.6 Å². The molecule has 1 atom stereocenters. The van der Waals surface area contributed by atoms with Crippen LogP contribution in [-0.4, -0.2) is 42.4 Å². The second-order valence-corrected chi connectivity index (χ2v) is 6.99. The van der Waals surface area contributed by atoms with Gasteiger partial charge >= 0.3 is 0 Å². The molecule has 0 bridgehead atoms. The first-order valence-electron chi connectivity index (χ1n) is 9.05. The minimum atomic E-state index is -0.206. The monoisotopic (exact) mass is 365 g/mol. The van der Waals surface area contributed by atoms with E-state index in [1.165, 1.54) is 0 Å². The van der Waals surface area contributed by atoms with Crippen LogP contribution in [0, 0.1) is 5.92 Å². The van der Waals surface area contributed by atoms with Crippen LogP contribution in [0.2, 0.25) is 5.02 Å². The van der Waals surface area contributed by atoms with Crippen LogP contribution in [0.5, 0.6) is 0 Å². The highest BCUT2D eigenvalue weighted by atomic mass is 35.5. The van der Waals surface area contributed by atoms with E-state index in [1.807, 2.05) is 38.1 Å². The van der Waals surface area contributed by atoms with Crippen molar-refractivity contribution in [3.05, 3.63) is 34.9 Å². The van der Waals surface area contributed by atoms with Crippen LogP contribution in [0.25, 0.3) is 0 Å². The van der Waals surface area contributed by atoms with Crippen LogP contribution in [0.1, 0.15) is 38.7 Å². The first-order valence-corrected chi connectivity index (χ1v) is 9.43. The van der Waals surface area contributed by atoms with Crippen molar-refractivity contribution in [3.8, 4) is 0 Å². The number of rotatable bonds is 7. The molecule has 1 heterocycles. The molecule has 1 aromatic rings. The summed E-state index contributed by atoms with van der Waals surface area (Å²) in [6, 6.07) is 7.30. The molecule has 1 unspecified atom stereocenters. The third kappa shape index (κ3) is 5.72. The lowest BCUT2D eigenvalue weighted by atomic mass is 9.95. The van der Waals surface area contributed by atoms with E-state index in [0.717, 1.165) is 44.5 Å². The van der Waals surface area contributed by atoms with E-state index in [9.17, 15) is 9.59 Å². The smallest absolute Gasteiger partial charge is 0.237 e. The van der Waals surface area contributed by atoms with Crippen molar-refractivity contribution < 1.29 is 9.59 Å². The Kier molecular flexibility index (Phi) is 7.72. The Morgan fingerprint density at radius 3 is 2.56 bits per heavy atom. The van der Waals surface area contributed by atoms with Gasteiger partial charge in [0, 0.05) is 24.0 Å². The van der Waals surface area contributed by atoms with E-state index in [4.69, 9.17) is 11.6 Å². The topological polar surface area (TPSA) is 61.4 Å². The number of piperidine rings is 1. The van der Waals surface area contributed by atoms with Gasteiger partial charge in [-0.25, -0.2) is 0 Å². The number of benzene rings is 1. The molecule has 25 heavy (non-hydrogen) atoms. The Balaban J connectivity index is 1.77. The number of likely N-dealkylation sites (tertiary alicyclic amines) is 1. The normalized spacial score (nSPS) is 17.1. The Morgan fingerprint density at radius 2 is 1.92 bits per heavy atom. The van der Waals surface area contributed by atoms with Crippen LogP contribution >= 0.6 is 11.6 Å². The second-order valence-electron chi connectivity index (χ2n) is 6.59. The zero-order valence-corrected chi connectivity index (χ0v) is 15.8. The molecule has 0 aliphatic carbocycles. The number of nitrogens with one attached hydrogen (secondary N) is 2. The molecule has 0 aromatic heterocycles. The quantitative estimate of drug-likeness (QED) is 0.780. The lowest BCUT2D eigenvalue weighted by molar-refractivity contribution is -0.128. The Bertz CT molecular complexity index is 586. The van der Waals surface area contributed by atoms with E-state index in [-0.39, 0.29) is 23.8 Å². The average Bonchev–Trinajstić information content (AvgIpc) is 2.64. The summed E-state index contributed by atoms with van der Waals surface area (Å²) in [6.07, 6.45) is 2.56. The number of carbonyl (C=O) groups is 2. The summed E-state index contributed by atoms with van der Waals surface area (Å²) in [5.74, 6) is 0.215. The molecule has 1 saturated heterocycles. The summed E-state index contributed by atoms with van der Waals surface area (Å²) in [6.45, 7) is 6.67. The minimum Gasteiger partial charge on any atom is -0.356 e. The predicted octanol–water partition coefficient (Wildman–Crippen LogP) is 2.58. The summed E-state index contributed by atoms with van der Waals surface area (Å²) >= 11 is 6.12. The van der Waals surface area contributed by atoms with E-state index in [0.29, 0.717) is 11.6 Å². The number of halogens is 1.